The van der Waals surface area contributed by atoms with E-state index in [1.54, 1.807) is 0 Å². The molecule has 1 saturated heterocycles. The average Bonchev–Trinajstić information content (AvgIpc) is 2.42. The lowest BCUT2D eigenvalue weighted by molar-refractivity contribution is -0.162. The summed E-state index contributed by atoms with van der Waals surface area (Å²) in [5, 5.41) is 0. The molecule has 1 rings (SSSR count). The number of hydrogen-bond acceptors (Lipinski definition) is 3. The minimum Gasteiger partial charge on any atom is -0.353 e. The van der Waals surface area contributed by atoms with Crippen LogP contribution in [0.15, 0.2) is 0 Å². The summed E-state index contributed by atoms with van der Waals surface area (Å²) in [6.07, 6.45) is 13.8. The molecule has 1 aliphatic heterocycles. The number of rotatable bonds is 11. The summed E-state index contributed by atoms with van der Waals surface area (Å²) in [5.74, 6) is 0. The first-order valence-electron chi connectivity index (χ1n) is 7.60. The maximum Gasteiger partial charge on any atom is 0.157 e. The highest BCUT2D eigenvalue weighted by Gasteiger charge is 2.13. The number of unbranched alkanes of at least 4 members (excludes halogenated alkanes) is 7. The van der Waals surface area contributed by atoms with E-state index in [1.807, 2.05) is 0 Å². The SMILES string of the molecule is O=CCCCCCCCCCOC1CCCCO1. The highest BCUT2D eigenvalue weighted by Crippen LogP contribution is 2.14. The van der Waals surface area contributed by atoms with Crippen molar-refractivity contribution in [3.63, 3.8) is 0 Å². The monoisotopic (exact) mass is 256 g/mol. The molecule has 1 unspecified atom stereocenters. The van der Waals surface area contributed by atoms with Crippen LogP contribution in [0.4, 0.5) is 0 Å². The molecule has 0 N–H and O–H groups in total. The largest absolute Gasteiger partial charge is 0.353 e. The van der Waals surface area contributed by atoms with Crippen molar-refractivity contribution >= 4 is 6.29 Å². The van der Waals surface area contributed by atoms with Crippen LogP contribution in [0.25, 0.3) is 0 Å². The van der Waals surface area contributed by atoms with E-state index in [1.165, 1.54) is 44.9 Å². The van der Waals surface area contributed by atoms with Gasteiger partial charge in [0.05, 0.1) is 0 Å². The number of carbonyl (C=O) groups is 1. The second-order valence-corrected chi connectivity index (χ2v) is 5.10. The van der Waals surface area contributed by atoms with Crippen molar-refractivity contribution in [3.8, 4) is 0 Å². The van der Waals surface area contributed by atoms with Crippen molar-refractivity contribution in [2.75, 3.05) is 13.2 Å². The molecule has 1 atom stereocenters. The van der Waals surface area contributed by atoms with E-state index in [-0.39, 0.29) is 6.29 Å². The fourth-order valence-corrected chi connectivity index (χ4v) is 2.27. The summed E-state index contributed by atoms with van der Waals surface area (Å²) in [6, 6.07) is 0. The third kappa shape index (κ3) is 8.65. The number of hydrogen-bond donors (Lipinski definition) is 0. The maximum absolute atomic E-state index is 10.1. The third-order valence-corrected chi connectivity index (χ3v) is 3.41. The van der Waals surface area contributed by atoms with Gasteiger partial charge in [-0.15, -0.1) is 0 Å². The van der Waals surface area contributed by atoms with Gasteiger partial charge >= 0.3 is 0 Å². The van der Waals surface area contributed by atoms with Gasteiger partial charge in [-0.25, -0.2) is 0 Å². The number of aldehydes is 1. The number of carbonyl (C=O) groups excluding carboxylic acids is 1. The molecule has 0 saturated carbocycles. The summed E-state index contributed by atoms with van der Waals surface area (Å²) in [5.41, 5.74) is 0. The van der Waals surface area contributed by atoms with Crippen LogP contribution < -0.4 is 0 Å². The smallest absolute Gasteiger partial charge is 0.157 e. The van der Waals surface area contributed by atoms with Crippen LogP contribution >= 0.6 is 0 Å². The summed E-state index contributed by atoms with van der Waals surface area (Å²) in [6.45, 7) is 1.71. The molecule has 0 aromatic carbocycles. The maximum atomic E-state index is 10.1. The Kier molecular flexibility index (Phi) is 10.1. The van der Waals surface area contributed by atoms with E-state index in [9.17, 15) is 4.79 Å². The Hall–Kier alpha value is -0.410. The van der Waals surface area contributed by atoms with Crippen molar-refractivity contribution in [1.82, 2.24) is 0 Å². The van der Waals surface area contributed by atoms with Crippen molar-refractivity contribution < 1.29 is 14.3 Å². The van der Waals surface area contributed by atoms with Gasteiger partial charge in [0.25, 0.3) is 0 Å². The lowest BCUT2D eigenvalue weighted by Gasteiger charge is -2.22. The van der Waals surface area contributed by atoms with Crippen LogP contribution in [-0.4, -0.2) is 25.8 Å². The minimum atomic E-state index is 0.0714. The van der Waals surface area contributed by atoms with Crippen LogP contribution in [0.5, 0.6) is 0 Å². The first kappa shape index (κ1) is 15.6. The first-order chi connectivity index (χ1) is 8.93. The fraction of sp³-hybridized carbons (Fsp3) is 0.933. The molecule has 3 nitrogen and oxygen atoms in total. The van der Waals surface area contributed by atoms with Crippen molar-refractivity contribution in [2.45, 2.75) is 76.9 Å². The second kappa shape index (κ2) is 11.7. The Labute approximate surface area is 111 Å². The zero-order valence-corrected chi connectivity index (χ0v) is 11.6. The molecular formula is C15H28O3. The Morgan fingerprint density at radius 2 is 1.72 bits per heavy atom. The molecule has 0 amide bonds. The van der Waals surface area contributed by atoms with Gasteiger partial charge in [-0.05, 0) is 32.1 Å². The summed E-state index contributed by atoms with van der Waals surface area (Å²) in [7, 11) is 0. The van der Waals surface area contributed by atoms with Crippen LogP contribution in [0.3, 0.4) is 0 Å². The van der Waals surface area contributed by atoms with E-state index in [2.05, 4.69) is 0 Å². The zero-order valence-electron chi connectivity index (χ0n) is 11.6. The average molecular weight is 256 g/mol. The van der Waals surface area contributed by atoms with Crippen molar-refractivity contribution in [1.29, 1.82) is 0 Å². The standard InChI is InChI=1S/C15H28O3/c16-12-8-5-3-1-2-4-6-9-13-17-15-11-7-10-14-18-15/h12,15H,1-11,13-14H2. The number of ether oxygens (including phenoxy) is 2. The fourth-order valence-electron chi connectivity index (χ4n) is 2.27. The molecule has 0 aromatic heterocycles. The van der Waals surface area contributed by atoms with Crippen LogP contribution in [0.2, 0.25) is 0 Å². The molecule has 106 valence electrons. The highest BCUT2D eigenvalue weighted by molar-refractivity contribution is 5.48. The highest BCUT2D eigenvalue weighted by atomic mass is 16.7. The summed E-state index contributed by atoms with van der Waals surface area (Å²) >= 11 is 0. The predicted molar refractivity (Wildman–Crippen MR) is 72.5 cm³/mol. The molecule has 3 heteroatoms. The zero-order chi connectivity index (χ0) is 12.9. The molecule has 0 aromatic rings. The van der Waals surface area contributed by atoms with Crippen molar-refractivity contribution in [2.24, 2.45) is 0 Å². The molecule has 0 spiro atoms. The normalized spacial score (nSPS) is 19.9. The van der Waals surface area contributed by atoms with E-state index >= 15 is 0 Å². The molecule has 0 radical (unpaired) electrons. The molecule has 0 aliphatic carbocycles. The molecule has 18 heavy (non-hydrogen) atoms. The Morgan fingerprint density at radius 3 is 2.39 bits per heavy atom. The quantitative estimate of drug-likeness (QED) is 0.416. The first-order valence-corrected chi connectivity index (χ1v) is 7.60. The molecule has 1 aliphatic rings. The van der Waals surface area contributed by atoms with Crippen LogP contribution in [0.1, 0.15) is 70.6 Å². The third-order valence-electron chi connectivity index (χ3n) is 3.41. The van der Waals surface area contributed by atoms with E-state index in [4.69, 9.17) is 9.47 Å². The second-order valence-electron chi connectivity index (χ2n) is 5.10. The predicted octanol–water partition coefficient (Wildman–Crippen LogP) is 3.85. The molecule has 1 heterocycles. The van der Waals surface area contributed by atoms with Gasteiger partial charge in [0, 0.05) is 19.6 Å². The van der Waals surface area contributed by atoms with Gasteiger partial charge in [-0.3, -0.25) is 0 Å². The lowest BCUT2D eigenvalue weighted by Crippen LogP contribution is -2.22. The molecular weight excluding hydrogens is 228 g/mol. The van der Waals surface area contributed by atoms with Gasteiger partial charge in [-0.1, -0.05) is 32.1 Å². The molecule has 0 bridgehead atoms. The van der Waals surface area contributed by atoms with Gasteiger partial charge in [0.15, 0.2) is 6.29 Å². The van der Waals surface area contributed by atoms with E-state index in [0.717, 1.165) is 45.2 Å². The lowest BCUT2D eigenvalue weighted by atomic mass is 10.1. The van der Waals surface area contributed by atoms with Crippen LogP contribution in [0, 0.1) is 0 Å². The minimum absolute atomic E-state index is 0.0714. The Morgan fingerprint density at radius 1 is 1.00 bits per heavy atom. The van der Waals surface area contributed by atoms with Crippen LogP contribution in [-0.2, 0) is 14.3 Å². The van der Waals surface area contributed by atoms with Crippen molar-refractivity contribution in [3.05, 3.63) is 0 Å². The Bertz CT molecular complexity index is 188. The van der Waals surface area contributed by atoms with E-state index in [0.29, 0.717) is 0 Å². The topological polar surface area (TPSA) is 35.5 Å². The van der Waals surface area contributed by atoms with Gasteiger partial charge in [0.2, 0.25) is 0 Å². The van der Waals surface area contributed by atoms with Gasteiger partial charge in [-0.2, -0.15) is 0 Å². The molecule has 1 fully saturated rings. The Balaban J connectivity index is 1.74. The van der Waals surface area contributed by atoms with E-state index < -0.39 is 0 Å². The van der Waals surface area contributed by atoms with Gasteiger partial charge < -0.3 is 14.3 Å². The summed E-state index contributed by atoms with van der Waals surface area (Å²) < 4.78 is 11.2. The summed E-state index contributed by atoms with van der Waals surface area (Å²) in [4.78, 5) is 10.1. The van der Waals surface area contributed by atoms with Gasteiger partial charge in [0.1, 0.15) is 6.29 Å².